The van der Waals surface area contributed by atoms with Gasteiger partial charge in [0.1, 0.15) is 16.9 Å². The van der Waals surface area contributed by atoms with Gasteiger partial charge in [-0.25, -0.2) is 4.98 Å². The van der Waals surface area contributed by atoms with Gasteiger partial charge in [0.05, 0.1) is 0 Å². The van der Waals surface area contributed by atoms with Gasteiger partial charge in [0, 0.05) is 44.0 Å². The number of halogens is 2. The maximum atomic E-state index is 12.8. The van der Waals surface area contributed by atoms with Crippen LogP contribution < -0.4 is 10.6 Å². The lowest BCUT2D eigenvalue weighted by atomic mass is 10.0. The molecule has 1 aliphatic rings. The fraction of sp³-hybridized carbons (Fsp3) is 0.333. The lowest BCUT2D eigenvalue weighted by Crippen LogP contribution is -2.57. The molecule has 1 aliphatic heterocycles. The number of piperazine rings is 1. The van der Waals surface area contributed by atoms with Crippen molar-refractivity contribution in [3.8, 4) is 0 Å². The molecule has 0 aliphatic carbocycles. The standard InChI is InChI=1S/C21H22Cl2N4O3/c22-15-6-4-14(5-7-15)12-25-19(28)8-9-20(29)27-11-10-24-13-17(27)21(30)16-2-1-3-18(23)26-16/h1-7,17,24H,8-13H2,(H,25,28). The number of rotatable bonds is 7. The molecule has 30 heavy (non-hydrogen) atoms. The summed E-state index contributed by atoms with van der Waals surface area (Å²) in [5.74, 6) is -0.739. The molecule has 1 aromatic carbocycles. The number of carbonyl (C=O) groups is 3. The Labute approximate surface area is 184 Å². The second-order valence-electron chi connectivity index (χ2n) is 6.92. The van der Waals surface area contributed by atoms with Crippen LogP contribution in [0.3, 0.4) is 0 Å². The van der Waals surface area contributed by atoms with Crippen LogP contribution in [0.2, 0.25) is 10.2 Å². The molecule has 1 saturated heterocycles. The minimum atomic E-state index is -0.672. The average molecular weight is 449 g/mol. The fourth-order valence-corrected chi connectivity index (χ4v) is 3.50. The van der Waals surface area contributed by atoms with Gasteiger partial charge in [-0.15, -0.1) is 0 Å². The van der Waals surface area contributed by atoms with E-state index in [-0.39, 0.29) is 41.3 Å². The topological polar surface area (TPSA) is 91.4 Å². The molecule has 7 nitrogen and oxygen atoms in total. The van der Waals surface area contributed by atoms with E-state index in [0.717, 1.165) is 5.56 Å². The van der Waals surface area contributed by atoms with E-state index in [4.69, 9.17) is 23.2 Å². The van der Waals surface area contributed by atoms with E-state index >= 15 is 0 Å². The SMILES string of the molecule is O=C(CCC(=O)N1CCNCC1C(=O)c1cccc(Cl)n1)NCc1ccc(Cl)cc1. The summed E-state index contributed by atoms with van der Waals surface area (Å²) < 4.78 is 0. The van der Waals surface area contributed by atoms with Crippen LogP contribution in [0.5, 0.6) is 0 Å². The Balaban J connectivity index is 1.54. The van der Waals surface area contributed by atoms with Crippen LogP contribution in [0.4, 0.5) is 0 Å². The van der Waals surface area contributed by atoms with Crippen molar-refractivity contribution in [3.63, 3.8) is 0 Å². The molecule has 2 N–H and O–H groups in total. The first-order valence-corrected chi connectivity index (χ1v) is 10.4. The summed E-state index contributed by atoms with van der Waals surface area (Å²) in [5, 5.41) is 6.76. The quantitative estimate of drug-likeness (QED) is 0.501. The lowest BCUT2D eigenvalue weighted by Gasteiger charge is -2.35. The zero-order chi connectivity index (χ0) is 21.5. The number of hydrogen-bond acceptors (Lipinski definition) is 5. The van der Waals surface area contributed by atoms with Crippen molar-refractivity contribution in [3.05, 3.63) is 63.9 Å². The highest BCUT2D eigenvalue weighted by molar-refractivity contribution is 6.30. The minimum Gasteiger partial charge on any atom is -0.352 e. The first-order valence-electron chi connectivity index (χ1n) is 9.62. The number of Topliss-reactive ketones (excluding diaryl/α,β-unsaturated/α-hetero) is 1. The van der Waals surface area contributed by atoms with Gasteiger partial charge in [-0.2, -0.15) is 0 Å². The molecule has 1 fully saturated rings. The van der Waals surface area contributed by atoms with Crippen LogP contribution in [-0.4, -0.2) is 53.2 Å². The van der Waals surface area contributed by atoms with Crippen molar-refractivity contribution in [2.24, 2.45) is 0 Å². The Morgan fingerprint density at radius 1 is 1.10 bits per heavy atom. The number of aromatic nitrogens is 1. The predicted octanol–water partition coefficient (Wildman–Crippen LogP) is 2.47. The maximum Gasteiger partial charge on any atom is 0.223 e. The number of carbonyl (C=O) groups excluding carboxylic acids is 3. The summed E-state index contributed by atoms with van der Waals surface area (Å²) in [7, 11) is 0. The molecular weight excluding hydrogens is 427 g/mol. The summed E-state index contributed by atoms with van der Waals surface area (Å²) in [6, 6.07) is 11.3. The molecule has 0 bridgehead atoms. The van der Waals surface area contributed by atoms with Crippen LogP contribution in [0.15, 0.2) is 42.5 Å². The van der Waals surface area contributed by atoms with Gasteiger partial charge in [0.2, 0.25) is 17.6 Å². The van der Waals surface area contributed by atoms with E-state index in [2.05, 4.69) is 15.6 Å². The Hall–Kier alpha value is -2.48. The van der Waals surface area contributed by atoms with Crippen molar-refractivity contribution in [1.82, 2.24) is 20.5 Å². The average Bonchev–Trinajstić information content (AvgIpc) is 2.76. The van der Waals surface area contributed by atoms with Crippen LogP contribution in [0.25, 0.3) is 0 Å². The Morgan fingerprint density at radius 3 is 2.60 bits per heavy atom. The number of hydrogen-bond donors (Lipinski definition) is 2. The zero-order valence-corrected chi connectivity index (χ0v) is 17.7. The summed E-state index contributed by atoms with van der Waals surface area (Å²) in [6.07, 6.45) is 0.0753. The van der Waals surface area contributed by atoms with Crippen molar-refractivity contribution < 1.29 is 14.4 Å². The van der Waals surface area contributed by atoms with Gasteiger partial charge >= 0.3 is 0 Å². The summed E-state index contributed by atoms with van der Waals surface area (Å²) >= 11 is 11.7. The van der Waals surface area contributed by atoms with Crippen LogP contribution in [0, 0.1) is 0 Å². The lowest BCUT2D eigenvalue weighted by molar-refractivity contribution is -0.135. The summed E-state index contributed by atoms with van der Waals surface area (Å²) in [6.45, 7) is 1.67. The Kier molecular flexibility index (Phi) is 7.79. The molecule has 2 amide bonds. The third-order valence-electron chi connectivity index (χ3n) is 4.80. The predicted molar refractivity (Wildman–Crippen MR) is 114 cm³/mol. The van der Waals surface area contributed by atoms with E-state index in [0.29, 0.717) is 31.2 Å². The highest BCUT2D eigenvalue weighted by atomic mass is 35.5. The molecule has 0 radical (unpaired) electrons. The van der Waals surface area contributed by atoms with Gasteiger partial charge in [-0.3, -0.25) is 14.4 Å². The Bertz CT molecular complexity index is 921. The van der Waals surface area contributed by atoms with E-state index < -0.39 is 6.04 Å². The second-order valence-corrected chi connectivity index (χ2v) is 7.74. The third kappa shape index (κ3) is 6.01. The first kappa shape index (κ1) is 22.2. The number of benzene rings is 1. The van der Waals surface area contributed by atoms with Gasteiger partial charge < -0.3 is 15.5 Å². The molecule has 9 heteroatoms. The number of nitrogens with one attached hydrogen (secondary N) is 2. The van der Waals surface area contributed by atoms with Gasteiger partial charge in [0.15, 0.2) is 0 Å². The van der Waals surface area contributed by atoms with E-state index in [1.54, 1.807) is 30.3 Å². The second kappa shape index (κ2) is 10.5. The highest BCUT2D eigenvalue weighted by Gasteiger charge is 2.33. The van der Waals surface area contributed by atoms with Crippen molar-refractivity contribution in [2.75, 3.05) is 19.6 Å². The molecule has 1 atom stereocenters. The normalized spacial score (nSPS) is 16.2. The number of nitrogens with zero attached hydrogens (tertiary/aromatic N) is 2. The van der Waals surface area contributed by atoms with Crippen LogP contribution in [0.1, 0.15) is 28.9 Å². The highest BCUT2D eigenvalue weighted by Crippen LogP contribution is 2.14. The van der Waals surface area contributed by atoms with Crippen LogP contribution in [-0.2, 0) is 16.1 Å². The third-order valence-corrected chi connectivity index (χ3v) is 5.27. The minimum absolute atomic E-state index is 0.0270. The van der Waals surface area contributed by atoms with Gasteiger partial charge in [-0.05, 0) is 29.8 Å². The van der Waals surface area contributed by atoms with Crippen molar-refractivity contribution in [1.29, 1.82) is 0 Å². The molecule has 2 heterocycles. The van der Waals surface area contributed by atoms with Gasteiger partial charge in [0.25, 0.3) is 0 Å². The number of pyridine rings is 1. The maximum absolute atomic E-state index is 12.8. The van der Waals surface area contributed by atoms with Crippen molar-refractivity contribution >= 4 is 40.8 Å². The van der Waals surface area contributed by atoms with E-state index in [1.807, 2.05) is 12.1 Å². The summed E-state index contributed by atoms with van der Waals surface area (Å²) in [5.41, 5.74) is 1.13. The van der Waals surface area contributed by atoms with Crippen LogP contribution >= 0.6 is 23.2 Å². The smallest absolute Gasteiger partial charge is 0.223 e. The molecule has 0 saturated carbocycles. The van der Waals surface area contributed by atoms with E-state index in [1.165, 1.54) is 4.90 Å². The van der Waals surface area contributed by atoms with E-state index in [9.17, 15) is 14.4 Å². The number of amides is 2. The molecular formula is C21H22Cl2N4O3. The summed E-state index contributed by atoms with van der Waals surface area (Å²) in [4.78, 5) is 43.3. The fourth-order valence-electron chi connectivity index (χ4n) is 3.21. The first-order chi connectivity index (χ1) is 14.4. The molecule has 158 valence electrons. The molecule has 1 aromatic heterocycles. The monoisotopic (exact) mass is 448 g/mol. The number of ketones is 1. The Morgan fingerprint density at radius 2 is 1.87 bits per heavy atom. The molecule has 1 unspecified atom stereocenters. The molecule has 3 rings (SSSR count). The molecule has 2 aromatic rings. The zero-order valence-electron chi connectivity index (χ0n) is 16.2. The van der Waals surface area contributed by atoms with Crippen molar-refractivity contribution in [2.45, 2.75) is 25.4 Å². The molecule has 0 spiro atoms. The largest absolute Gasteiger partial charge is 0.352 e. The van der Waals surface area contributed by atoms with Gasteiger partial charge in [-0.1, -0.05) is 41.4 Å².